The van der Waals surface area contributed by atoms with Gasteiger partial charge in [-0.25, -0.2) is 14.4 Å². The number of nitrogens with one attached hydrogen (secondary N) is 1. The van der Waals surface area contributed by atoms with Gasteiger partial charge in [-0.15, -0.1) is 11.3 Å². The van der Waals surface area contributed by atoms with Crippen LogP contribution < -0.4 is 5.32 Å². The third-order valence-electron chi connectivity index (χ3n) is 4.76. The van der Waals surface area contributed by atoms with E-state index in [1.807, 2.05) is 13.0 Å². The quantitative estimate of drug-likeness (QED) is 0.640. The molecule has 2 unspecified atom stereocenters. The van der Waals surface area contributed by atoms with Crippen molar-refractivity contribution >= 4 is 11.3 Å². The number of aryl methyl sites for hydroxylation is 1. The summed E-state index contributed by atoms with van der Waals surface area (Å²) in [4.78, 5) is 9.55. The molecule has 1 aromatic carbocycles. The average molecular weight is 371 g/mol. The molecule has 2 aromatic heterocycles. The predicted octanol–water partition coefficient (Wildman–Crippen LogP) is 5.21. The van der Waals surface area contributed by atoms with Crippen LogP contribution >= 0.6 is 11.3 Å². The summed E-state index contributed by atoms with van der Waals surface area (Å²) in [6.07, 6.45) is 4.31. The number of rotatable bonds is 4. The molecule has 3 aromatic rings. The molecule has 6 heteroatoms. The van der Waals surface area contributed by atoms with Crippen LogP contribution in [-0.2, 0) is 6.42 Å². The Hall–Kier alpha value is -2.18. The average Bonchev–Trinajstić information content (AvgIpc) is 3.07. The van der Waals surface area contributed by atoms with Crippen molar-refractivity contribution < 1.29 is 8.78 Å². The van der Waals surface area contributed by atoms with Crippen molar-refractivity contribution in [2.45, 2.75) is 38.3 Å². The number of hydrogen-bond donors (Lipinski definition) is 1. The monoisotopic (exact) mass is 371 g/mol. The Morgan fingerprint density at radius 2 is 2.04 bits per heavy atom. The molecular formula is C20H19F2N3S. The molecule has 0 saturated heterocycles. The molecule has 0 spiro atoms. The third-order valence-corrected chi connectivity index (χ3v) is 6.00. The summed E-state index contributed by atoms with van der Waals surface area (Å²) in [5, 5.41) is 4.22. The lowest BCUT2D eigenvalue weighted by Gasteiger charge is -2.26. The van der Waals surface area contributed by atoms with Crippen LogP contribution in [0.15, 0.2) is 42.6 Å². The molecule has 1 aliphatic rings. The van der Waals surface area contributed by atoms with Crippen LogP contribution in [0.4, 0.5) is 8.78 Å². The van der Waals surface area contributed by atoms with Gasteiger partial charge in [0, 0.05) is 34.3 Å². The summed E-state index contributed by atoms with van der Waals surface area (Å²) >= 11 is 1.53. The Kier molecular flexibility index (Phi) is 4.78. The second-order valence-electron chi connectivity index (χ2n) is 6.53. The van der Waals surface area contributed by atoms with Gasteiger partial charge in [0.1, 0.15) is 10.8 Å². The fourth-order valence-electron chi connectivity index (χ4n) is 3.44. The van der Waals surface area contributed by atoms with E-state index in [0.717, 1.165) is 29.8 Å². The zero-order valence-corrected chi connectivity index (χ0v) is 15.2. The fourth-order valence-corrected chi connectivity index (χ4v) is 4.67. The lowest BCUT2D eigenvalue weighted by atomic mass is 9.96. The molecule has 134 valence electrons. The zero-order chi connectivity index (χ0) is 18.1. The highest BCUT2D eigenvalue weighted by Gasteiger charge is 2.27. The SMILES string of the molecule is CC(NC1CCCc2nc(-c3ccccc3F)sc21)c1cccnc1F. The van der Waals surface area contributed by atoms with E-state index in [-0.39, 0.29) is 17.9 Å². The molecule has 3 nitrogen and oxygen atoms in total. The van der Waals surface area contributed by atoms with Crippen LogP contribution in [0.25, 0.3) is 10.6 Å². The van der Waals surface area contributed by atoms with Crippen molar-refractivity contribution in [2.24, 2.45) is 0 Å². The molecule has 4 rings (SSSR count). The maximum atomic E-state index is 14.1. The zero-order valence-electron chi connectivity index (χ0n) is 14.4. The van der Waals surface area contributed by atoms with Crippen LogP contribution in [0.3, 0.4) is 0 Å². The Morgan fingerprint density at radius 3 is 2.85 bits per heavy atom. The number of thiazole rings is 1. The van der Waals surface area contributed by atoms with Gasteiger partial charge in [0.2, 0.25) is 5.95 Å². The number of pyridine rings is 1. The first kappa shape index (κ1) is 17.2. The van der Waals surface area contributed by atoms with E-state index in [2.05, 4.69) is 15.3 Å². The largest absolute Gasteiger partial charge is 0.302 e. The minimum absolute atomic E-state index is 0.0892. The Labute approximate surface area is 155 Å². The third kappa shape index (κ3) is 3.27. The predicted molar refractivity (Wildman–Crippen MR) is 98.9 cm³/mol. The Morgan fingerprint density at radius 1 is 1.19 bits per heavy atom. The maximum Gasteiger partial charge on any atom is 0.217 e. The van der Waals surface area contributed by atoms with Crippen molar-refractivity contribution in [2.75, 3.05) is 0 Å². The van der Waals surface area contributed by atoms with Gasteiger partial charge < -0.3 is 5.32 Å². The normalized spacial score (nSPS) is 17.7. The van der Waals surface area contributed by atoms with Gasteiger partial charge in [0.15, 0.2) is 0 Å². The lowest BCUT2D eigenvalue weighted by Crippen LogP contribution is -2.27. The highest BCUT2D eigenvalue weighted by Crippen LogP contribution is 2.39. The molecule has 0 fully saturated rings. The summed E-state index contributed by atoms with van der Waals surface area (Å²) in [6, 6.07) is 10.1. The molecule has 2 heterocycles. The maximum absolute atomic E-state index is 14.1. The number of benzene rings is 1. The van der Waals surface area contributed by atoms with Gasteiger partial charge in [-0.3, -0.25) is 0 Å². The minimum Gasteiger partial charge on any atom is -0.302 e. The van der Waals surface area contributed by atoms with Gasteiger partial charge in [-0.05, 0) is 44.4 Å². The van der Waals surface area contributed by atoms with Crippen molar-refractivity contribution in [1.29, 1.82) is 0 Å². The van der Waals surface area contributed by atoms with Gasteiger partial charge in [-0.2, -0.15) is 4.39 Å². The smallest absolute Gasteiger partial charge is 0.217 e. The summed E-state index contributed by atoms with van der Waals surface area (Å²) in [5.41, 5.74) is 2.12. The van der Waals surface area contributed by atoms with E-state index in [1.165, 1.54) is 23.6 Å². The fraction of sp³-hybridized carbons (Fsp3) is 0.300. The van der Waals surface area contributed by atoms with Crippen LogP contribution in [0.5, 0.6) is 0 Å². The van der Waals surface area contributed by atoms with E-state index in [9.17, 15) is 8.78 Å². The number of halogens is 2. The Bertz CT molecular complexity index is 925. The number of aromatic nitrogens is 2. The molecule has 0 amide bonds. The first-order valence-electron chi connectivity index (χ1n) is 8.74. The minimum atomic E-state index is -0.445. The van der Waals surface area contributed by atoms with E-state index in [4.69, 9.17) is 0 Å². The molecule has 0 saturated carbocycles. The van der Waals surface area contributed by atoms with E-state index in [0.29, 0.717) is 16.1 Å². The molecule has 0 aliphatic heterocycles. The molecule has 1 N–H and O–H groups in total. The van der Waals surface area contributed by atoms with E-state index in [1.54, 1.807) is 24.3 Å². The van der Waals surface area contributed by atoms with Crippen molar-refractivity contribution in [3.8, 4) is 10.6 Å². The van der Waals surface area contributed by atoms with Gasteiger partial charge in [0.25, 0.3) is 0 Å². The van der Waals surface area contributed by atoms with Gasteiger partial charge >= 0.3 is 0 Å². The van der Waals surface area contributed by atoms with E-state index < -0.39 is 5.95 Å². The highest BCUT2D eigenvalue weighted by molar-refractivity contribution is 7.15. The van der Waals surface area contributed by atoms with Crippen LogP contribution in [0, 0.1) is 11.8 Å². The van der Waals surface area contributed by atoms with Crippen molar-refractivity contribution in [3.63, 3.8) is 0 Å². The van der Waals surface area contributed by atoms with Crippen molar-refractivity contribution in [3.05, 3.63) is 70.5 Å². The topological polar surface area (TPSA) is 37.8 Å². The lowest BCUT2D eigenvalue weighted by molar-refractivity contribution is 0.407. The van der Waals surface area contributed by atoms with Gasteiger partial charge in [-0.1, -0.05) is 18.2 Å². The number of nitrogens with zero attached hydrogens (tertiary/aromatic N) is 2. The summed E-state index contributed by atoms with van der Waals surface area (Å²) in [7, 11) is 0. The summed E-state index contributed by atoms with van der Waals surface area (Å²) in [6.45, 7) is 1.94. The molecule has 0 bridgehead atoms. The second kappa shape index (κ2) is 7.21. The second-order valence-corrected chi connectivity index (χ2v) is 7.56. The number of fused-ring (bicyclic) bond motifs is 1. The first-order chi connectivity index (χ1) is 12.6. The number of hydrogen-bond acceptors (Lipinski definition) is 4. The molecule has 0 radical (unpaired) electrons. The van der Waals surface area contributed by atoms with Crippen LogP contribution in [0.2, 0.25) is 0 Å². The van der Waals surface area contributed by atoms with Crippen LogP contribution in [0.1, 0.15) is 48.0 Å². The molecule has 26 heavy (non-hydrogen) atoms. The summed E-state index contributed by atoms with van der Waals surface area (Å²) < 4.78 is 28.1. The molecule has 1 aliphatic carbocycles. The van der Waals surface area contributed by atoms with E-state index >= 15 is 0 Å². The Balaban J connectivity index is 1.62. The molecule has 2 atom stereocenters. The van der Waals surface area contributed by atoms with Gasteiger partial charge in [0.05, 0.1) is 5.69 Å². The molecular weight excluding hydrogens is 352 g/mol. The van der Waals surface area contributed by atoms with Crippen molar-refractivity contribution in [1.82, 2.24) is 15.3 Å². The van der Waals surface area contributed by atoms with Crippen LogP contribution in [-0.4, -0.2) is 9.97 Å². The standard InChI is InChI=1S/C20H19F2N3S/c1-12(13-7-5-11-23-19(13)22)24-16-9-4-10-17-18(16)26-20(25-17)14-6-2-3-8-15(14)21/h2-3,5-8,11-12,16,24H,4,9-10H2,1H3. The first-order valence-corrected chi connectivity index (χ1v) is 9.56. The highest BCUT2D eigenvalue weighted by atomic mass is 32.1. The summed E-state index contributed by atoms with van der Waals surface area (Å²) in [5.74, 6) is -0.700.